The number of piperidine rings is 1. The van der Waals surface area contributed by atoms with Crippen LogP contribution in [-0.2, 0) is 12.4 Å². The largest absolute Gasteiger partial charge is 0.441 e. The maximum atomic E-state index is 13.6. The van der Waals surface area contributed by atoms with Crippen LogP contribution < -0.4 is 50.2 Å². The minimum absolute atomic E-state index is 0. The molecule has 7 aliphatic rings. The predicted octanol–water partition coefficient (Wildman–Crippen LogP) is 15.7. The van der Waals surface area contributed by atoms with Gasteiger partial charge in [-0.25, -0.2) is 49.3 Å². The first-order valence-electron chi connectivity index (χ1n) is 32.9. The number of nitrogens with zero attached hydrogens (tertiary/aromatic N) is 14. The molecule has 7 aromatic heterocycles. The molecular weight excluding hydrogens is 1340 g/mol. The van der Waals surface area contributed by atoms with Crippen LogP contribution in [0.15, 0.2) is 151 Å². The summed E-state index contributed by atoms with van der Waals surface area (Å²) in [5, 5.41) is 8.49. The molecule has 6 bridgehead atoms. The van der Waals surface area contributed by atoms with E-state index in [0.29, 0.717) is 113 Å². The van der Waals surface area contributed by atoms with Gasteiger partial charge in [0.05, 0.1) is 69.8 Å². The molecule has 9 aromatic rings. The molecule has 530 valence electrons. The molecule has 102 heavy (non-hydrogen) atoms. The number of rotatable bonds is 7. The number of oxazole rings is 1. The van der Waals surface area contributed by atoms with Gasteiger partial charge >= 0.3 is 36.6 Å². The van der Waals surface area contributed by atoms with Crippen LogP contribution in [0.25, 0.3) is 33.8 Å². The van der Waals surface area contributed by atoms with Gasteiger partial charge in [-0.05, 0) is 142 Å². The van der Waals surface area contributed by atoms with Gasteiger partial charge in [0.25, 0.3) is 0 Å². The van der Waals surface area contributed by atoms with Gasteiger partial charge in [-0.15, -0.1) is 0 Å². The standard InChI is InChI=1S/C27H23F3N6O2.C23H20F3N5O.C21H23F3N6O.CH4/c1-15-10-21(17-4-3-5-19(11-17)27(28,29)30)33-25-24(15)35-9-7-20(14-35)36(25)26(37)34-23-12-18(6-8-31-23)22-13-32-16(2)38-22;1-14-11-18(15-5-4-6-16(12-15)23(24,25)26)28-21-20(14)30-10-8-17(13-30)31(21)22(32)29-19-7-2-3-9-27-19;22-21(23,24)14-4-3-10-29(12-14)18-7-6-16-19(27-18)30(15-8-11-28(16)13-15)20(31)26-17-5-1-2-9-25-17;/h3-6,8,10-13,20H,7,9,14H2,1-2H3,(H,31,34,37);2-7,9,11-12,17H,8,10,13H2,1H3,(H,27,29,32);1-2,5-7,9,14-15H,3-4,8,10-13H2,(H,25,26,31);1H4/t20-;17-;14-,15+;/m001./s1. The maximum absolute atomic E-state index is 13.6. The summed E-state index contributed by atoms with van der Waals surface area (Å²) in [5.41, 5.74) is 4.84. The number of carbonyl (C=O) groups excluding carboxylic acids is 3. The van der Waals surface area contributed by atoms with Gasteiger partial charge in [0.15, 0.2) is 29.1 Å². The van der Waals surface area contributed by atoms with E-state index in [1.165, 1.54) is 12.1 Å². The van der Waals surface area contributed by atoms with Crippen molar-refractivity contribution in [2.45, 2.75) is 97.0 Å². The van der Waals surface area contributed by atoms with Crippen LogP contribution in [0.4, 0.5) is 112 Å². The lowest BCUT2D eigenvalue weighted by Gasteiger charge is -2.38. The summed E-state index contributed by atoms with van der Waals surface area (Å²) in [7, 11) is 0. The number of carbonyl (C=O) groups is 3. The van der Waals surface area contributed by atoms with E-state index in [1.807, 2.05) is 19.9 Å². The number of halogens is 9. The number of nitrogens with one attached hydrogen (secondary N) is 3. The molecule has 6 amide bonds. The van der Waals surface area contributed by atoms with Crippen LogP contribution in [0.1, 0.15) is 67.7 Å². The first-order chi connectivity index (χ1) is 48.4. The summed E-state index contributed by atoms with van der Waals surface area (Å²) < 4.78 is 125. The third kappa shape index (κ3) is 14.2. The number of hydrogen-bond donors (Lipinski definition) is 3. The van der Waals surface area contributed by atoms with Crippen molar-refractivity contribution in [3.05, 3.63) is 174 Å². The molecule has 0 spiro atoms. The van der Waals surface area contributed by atoms with Crippen LogP contribution in [0.3, 0.4) is 0 Å². The zero-order valence-corrected chi connectivity index (χ0v) is 54.7. The molecule has 2 aromatic carbocycles. The normalized spacial score (nSPS) is 18.6. The molecule has 0 unspecified atom stereocenters. The van der Waals surface area contributed by atoms with Gasteiger partial charge in [-0.1, -0.05) is 43.8 Å². The van der Waals surface area contributed by atoms with Crippen LogP contribution in [-0.4, -0.2) is 130 Å². The van der Waals surface area contributed by atoms with Gasteiger partial charge in [0.1, 0.15) is 23.3 Å². The summed E-state index contributed by atoms with van der Waals surface area (Å²) in [5.74, 6) is 2.76. The number of amides is 6. The summed E-state index contributed by atoms with van der Waals surface area (Å²) in [6, 6.07) is 29.9. The van der Waals surface area contributed by atoms with Gasteiger partial charge in [0.2, 0.25) is 0 Å². The quantitative estimate of drug-likeness (QED) is 0.127. The Kier molecular flexibility index (Phi) is 18.9. The van der Waals surface area contributed by atoms with Gasteiger partial charge in [-0.3, -0.25) is 30.7 Å². The zero-order valence-electron chi connectivity index (χ0n) is 54.7. The van der Waals surface area contributed by atoms with Crippen molar-refractivity contribution in [2.24, 2.45) is 5.92 Å². The number of fused-ring (bicyclic) bond motifs is 12. The number of hydrogen-bond acceptors (Lipinski definition) is 15. The number of benzene rings is 2. The van der Waals surface area contributed by atoms with Crippen molar-refractivity contribution in [3.8, 4) is 33.8 Å². The fraction of sp³-hybridized carbons (Fsp3) is 0.333. The van der Waals surface area contributed by atoms with Crippen molar-refractivity contribution in [3.63, 3.8) is 0 Å². The van der Waals surface area contributed by atoms with E-state index in [0.717, 1.165) is 91.4 Å². The van der Waals surface area contributed by atoms with Crippen LogP contribution in [0.5, 0.6) is 0 Å². The second kappa shape index (κ2) is 27.8. The van der Waals surface area contributed by atoms with Gasteiger partial charge in [-0.2, -0.15) is 39.5 Å². The van der Waals surface area contributed by atoms with Crippen molar-refractivity contribution >= 4 is 75.9 Å². The summed E-state index contributed by atoms with van der Waals surface area (Å²) in [4.78, 5) is 83.9. The van der Waals surface area contributed by atoms with Gasteiger partial charge < -0.3 is 24.0 Å². The number of aromatic nitrogens is 7. The lowest BCUT2D eigenvalue weighted by atomic mass is 9.97. The Morgan fingerprint density at radius 2 is 0.971 bits per heavy atom. The molecule has 4 saturated heterocycles. The molecule has 4 atom stereocenters. The lowest BCUT2D eigenvalue weighted by molar-refractivity contribution is -0.176. The first-order valence-corrected chi connectivity index (χ1v) is 32.9. The lowest BCUT2D eigenvalue weighted by Crippen LogP contribution is -2.48. The highest BCUT2D eigenvalue weighted by Crippen LogP contribution is 2.47. The average molecular weight is 1410 g/mol. The minimum atomic E-state index is -4.47. The highest BCUT2D eigenvalue weighted by molar-refractivity contribution is 6.07. The molecule has 14 heterocycles. The topological polar surface area (TPSA) is 213 Å². The van der Waals surface area contributed by atoms with E-state index in [4.69, 9.17) is 14.4 Å². The number of pyridine rings is 6. The van der Waals surface area contributed by atoms with E-state index < -0.39 is 41.6 Å². The molecule has 30 heteroatoms. The fourth-order valence-electron chi connectivity index (χ4n) is 14.2. The Balaban J connectivity index is 0.000000137. The first kappa shape index (κ1) is 69.4. The average Bonchev–Trinajstić information content (AvgIpc) is 1.49. The number of aryl methyl sites for hydroxylation is 3. The number of urea groups is 3. The highest BCUT2D eigenvalue weighted by Gasteiger charge is 2.46. The minimum Gasteiger partial charge on any atom is -0.441 e. The third-order valence-electron chi connectivity index (χ3n) is 18.9. The van der Waals surface area contributed by atoms with Crippen molar-refractivity contribution in [1.82, 2.24) is 34.9 Å². The molecule has 0 saturated carbocycles. The molecule has 7 aliphatic heterocycles. The molecule has 0 radical (unpaired) electrons. The summed E-state index contributed by atoms with van der Waals surface area (Å²) >= 11 is 0. The zero-order chi connectivity index (χ0) is 70.6. The van der Waals surface area contributed by atoms with E-state index in [9.17, 15) is 53.9 Å². The third-order valence-corrected chi connectivity index (χ3v) is 18.9. The Labute approximate surface area is 580 Å². The van der Waals surface area contributed by atoms with Gasteiger partial charge in [0, 0.05) is 94.6 Å². The number of anilines is 10. The van der Waals surface area contributed by atoms with E-state index in [-0.39, 0.29) is 50.6 Å². The highest BCUT2D eigenvalue weighted by atomic mass is 19.4. The van der Waals surface area contributed by atoms with E-state index in [1.54, 1.807) is 130 Å². The second-order valence-electron chi connectivity index (χ2n) is 25.7. The SMILES string of the molecule is C.Cc1cc(-c2cccc(C(F)(F)F)c2)nc2c1N1CC[C@@H](C1)N2C(=O)Nc1ccccn1.Cc1ncc(-c2ccnc(NC(=O)N3c4nc(-c5cccc(C(F)(F)F)c5)cc(C)c4N4CC[C@H]3C4)c2)o1.O=C(Nc1ccccn1)N1c2nc(N3CCC[C@@H](C(F)(F)F)C3)ccc2N2CC[C@H]1C2. The predicted molar refractivity (Wildman–Crippen MR) is 370 cm³/mol. The van der Waals surface area contributed by atoms with Crippen LogP contribution in [0, 0.1) is 26.7 Å². The van der Waals surface area contributed by atoms with Crippen LogP contribution >= 0.6 is 0 Å². The number of alkyl halides is 9. The molecule has 3 N–H and O–H groups in total. The van der Waals surface area contributed by atoms with E-state index >= 15 is 0 Å². The summed E-state index contributed by atoms with van der Waals surface area (Å²) in [6.45, 7) is 10.3. The Hall–Kier alpha value is -11.1. The Morgan fingerprint density at radius 1 is 0.471 bits per heavy atom. The Morgan fingerprint density at radius 3 is 1.46 bits per heavy atom. The molecular formula is C72H70F9N17O4. The summed E-state index contributed by atoms with van der Waals surface area (Å²) in [6.07, 6.45) is -3.84. The second-order valence-corrected chi connectivity index (χ2v) is 25.7. The monoisotopic (exact) mass is 1410 g/mol. The molecule has 4 fully saturated rings. The van der Waals surface area contributed by atoms with Crippen molar-refractivity contribution in [1.29, 1.82) is 0 Å². The molecule has 16 rings (SSSR count). The fourth-order valence-corrected chi connectivity index (χ4v) is 14.2. The maximum Gasteiger partial charge on any atom is 0.416 e. The van der Waals surface area contributed by atoms with Crippen molar-refractivity contribution in [2.75, 3.05) is 103 Å². The molecule has 21 nitrogen and oxygen atoms in total. The smallest absolute Gasteiger partial charge is 0.416 e. The molecule has 0 aliphatic carbocycles. The van der Waals surface area contributed by atoms with Crippen molar-refractivity contribution < 1.29 is 58.3 Å². The van der Waals surface area contributed by atoms with E-state index in [2.05, 4.69) is 55.6 Å². The van der Waals surface area contributed by atoms with Crippen LogP contribution in [0.2, 0.25) is 0 Å². The Bertz CT molecular complexity index is 4600.